The first-order chi connectivity index (χ1) is 11.9. The Labute approximate surface area is 146 Å². The number of aliphatic carboxylic acids is 1. The molecule has 3 rings (SSSR count). The van der Waals surface area contributed by atoms with E-state index in [4.69, 9.17) is 0 Å². The number of hydrogen-bond acceptors (Lipinski definition) is 3. The Balaban J connectivity index is 1.53. The van der Waals surface area contributed by atoms with Crippen molar-refractivity contribution < 1.29 is 19.5 Å². The molecule has 0 saturated carbocycles. The predicted molar refractivity (Wildman–Crippen MR) is 92.2 cm³/mol. The zero-order valence-corrected chi connectivity index (χ0v) is 14.3. The molecule has 0 aliphatic carbocycles. The summed E-state index contributed by atoms with van der Waals surface area (Å²) in [6, 6.07) is 7.33. The molecular formula is C18H23N3O4. The number of hydrogen-bond donors (Lipinski definition) is 2. The van der Waals surface area contributed by atoms with E-state index < -0.39 is 11.4 Å². The van der Waals surface area contributed by atoms with Crippen molar-refractivity contribution in [2.45, 2.75) is 32.7 Å². The van der Waals surface area contributed by atoms with Gasteiger partial charge in [-0.15, -0.1) is 0 Å². The van der Waals surface area contributed by atoms with Gasteiger partial charge in [-0.05, 0) is 37.5 Å². The summed E-state index contributed by atoms with van der Waals surface area (Å²) in [6.45, 7) is 3.47. The van der Waals surface area contributed by atoms with Crippen LogP contribution in [0.5, 0.6) is 0 Å². The van der Waals surface area contributed by atoms with Gasteiger partial charge in [0.2, 0.25) is 5.91 Å². The maximum Gasteiger partial charge on any atom is 0.317 e. The lowest BCUT2D eigenvalue weighted by atomic mass is 9.90. The third kappa shape index (κ3) is 3.60. The van der Waals surface area contributed by atoms with Crippen LogP contribution >= 0.6 is 0 Å². The minimum Gasteiger partial charge on any atom is -0.481 e. The second-order valence-corrected chi connectivity index (χ2v) is 7.01. The lowest BCUT2D eigenvalue weighted by Crippen LogP contribution is -2.40. The number of likely N-dealkylation sites (tertiary alicyclic amines) is 1. The molecule has 2 aliphatic rings. The molecule has 1 unspecified atom stereocenters. The standard InChI is InChI=1S/C18H23N3O4/c1-18(16(23)24)8-10-20(12-18)17(25)19-11-13-4-6-14(7-5-13)21-9-2-3-15(21)22/h4-7H,2-3,8-12H2,1H3,(H,19,25)(H,23,24). The van der Waals surface area contributed by atoms with Gasteiger partial charge in [0, 0.05) is 38.3 Å². The Morgan fingerprint density at radius 2 is 1.96 bits per heavy atom. The molecule has 1 atom stereocenters. The SMILES string of the molecule is CC1(C(=O)O)CCN(C(=O)NCc2ccc(N3CCCC3=O)cc2)C1. The van der Waals surface area contributed by atoms with Crippen molar-refractivity contribution in [3.63, 3.8) is 0 Å². The molecular weight excluding hydrogens is 322 g/mol. The van der Waals surface area contributed by atoms with Gasteiger partial charge >= 0.3 is 12.0 Å². The van der Waals surface area contributed by atoms with Crippen molar-refractivity contribution in [1.82, 2.24) is 10.2 Å². The van der Waals surface area contributed by atoms with Gasteiger partial charge in [0.1, 0.15) is 0 Å². The predicted octanol–water partition coefficient (Wildman–Crippen LogP) is 1.82. The van der Waals surface area contributed by atoms with Crippen LogP contribution in [0.25, 0.3) is 0 Å². The van der Waals surface area contributed by atoms with Crippen LogP contribution in [0.4, 0.5) is 10.5 Å². The second kappa shape index (κ2) is 6.74. The zero-order valence-electron chi connectivity index (χ0n) is 14.3. The van der Waals surface area contributed by atoms with Crippen LogP contribution in [0.2, 0.25) is 0 Å². The maximum absolute atomic E-state index is 12.2. The molecule has 1 aromatic rings. The molecule has 2 saturated heterocycles. The van der Waals surface area contributed by atoms with Crippen molar-refractivity contribution in [1.29, 1.82) is 0 Å². The normalized spacial score (nSPS) is 23.2. The van der Waals surface area contributed by atoms with Crippen LogP contribution < -0.4 is 10.2 Å². The first-order valence-electron chi connectivity index (χ1n) is 8.54. The Hall–Kier alpha value is -2.57. The van der Waals surface area contributed by atoms with Crippen molar-refractivity contribution in [2.24, 2.45) is 5.41 Å². The Bertz CT molecular complexity index is 688. The number of amides is 3. The molecule has 0 spiro atoms. The summed E-state index contributed by atoms with van der Waals surface area (Å²) in [5.74, 6) is -0.716. The zero-order chi connectivity index (χ0) is 18.0. The van der Waals surface area contributed by atoms with Crippen LogP contribution in [0.15, 0.2) is 24.3 Å². The second-order valence-electron chi connectivity index (χ2n) is 7.01. The summed E-state index contributed by atoms with van der Waals surface area (Å²) in [5, 5.41) is 12.1. The van der Waals surface area contributed by atoms with E-state index in [1.807, 2.05) is 24.3 Å². The molecule has 2 fully saturated rings. The van der Waals surface area contributed by atoms with Gasteiger partial charge in [0.05, 0.1) is 5.41 Å². The van der Waals surface area contributed by atoms with Crippen LogP contribution in [0.1, 0.15) is 31.7 Å². The van der Waals surface area contributed by atoms with Gasteiger partial charge in [-0.2, -0.15) is 0 Å². The number of anilines is 1. The lowest BCUT2D eigenvalue weighted by molar-refractivity contribution is -0.147. The Morgan fingerprint density at radius 3 is 2.52 bits per heavy atom. The van der Waals surface area contributed by atoms with Gasteiger partial charge in [-0.1, -0.05) is 12.1 Å². The molecule has 0 radical (unpaired) electrons. The van der Waals surface area contributed by atoms with E-state index >= 15 is 0 Å². The summed E-state index contributed by atoms with van der Waals surface area (Å²) in [5.41, 5.74) is 0.958. The van der Waals surface area contributed by atoms with E-state index in [-0.39, 0.29) is 18.5 Å². The van der Waals surface area contributed by atoms with E-state index in [0.29, 0.717) is 25.9 Å². The highest BCUT2D eigenvalue weighted by atomic mass is 16.4. The quantitative estimate of drug-likeness (QED) is 0.871. The summed E-state index contributed by atoms with van der Waals surface area (Å²) in [7, 11) is 0. The number of nitrogens with zero attached hydrogens (tertiary/aromatic N) is 2. The third-order valence-electron chi connectivity index (χ3n) is 5.04. The largest absolute Gasteiger partial charge is 0.481 e. The van der Waals surface area contributed by atoms with Gasteiger partial charge in [-0.3, -0.25) is 9.59 Å². The molecule has 7 heteroatoms. The number of urea groups is 1. The van der Waals surface area contributed by atoms with Crippen molar-refractivity contribution in [3.05, 3.63) is 29.8 Å². The summed E-state index contributed by atoms with van der Waals surface area (Å²) >= 11 is 0. The molecule has 25 heavy (non-hydrogen) atoms. The van der Waals surface area contributed by atoms with Gasteiger partial charge in [-0.25, -0.2) is 4.79 Å². The van der Waals surface area contributed by atoms with Crippen LogP contribution in [0.3, 0.4) is 0 Å². The minimum absolute atomic E-state index is 0.150. The fourth-order valence-corrected chi connectivity index (χ4v) is 3.31. The van der Waals surface area contributed by atoms with Crippen molar-refractivity contribution in [2.75, 3.05) is 24.5 Å². The lowest BCUT2D eigenvalue weighted by Gasteiger charge is -2.20. The smallest absolute Gasteiger partial charge is 0.317 e. The molecule has 134 valence electrons. The first-order valence-corrected chi connectivity index (χ1v) is 8.54. The third-order valence-corrected chi connectivity index (χ3v) is 5.04. The molecule has 3 amide bonds. The average Bonchev–Trinajstić information content (AvgIpc) is 3.20. The van der Waals surface area contributed by atoms with E-state index in [9.17, 15) is 19.5 Å². The molecule has 1 aromatic carbocycles. The van der Waals surface area contributed by atoms with Crippen LogP contribution in [-0.4, -0.2) is 47.5 Å². The van der Waals surface area contributed by atoms with Gasteiger partial charge in [0.25, 0.3) is 0 Å². The molecule has 7 nitrogen and oxygen atoms in total. The molecule has 2 aliphatic heterocycles. The van der Waals surface area contributed by atoms with E-state index in [1.165, 1.54) is 0 Å². The Morgan fingerprint density at radius 1 is 1.24 bits per heavy atom. The topological polar surface area (TPSA) is 89.9 Å². The highest BCUT2D eigenvalue weighted by Gasteiger charge is 2.42. The van der Waals surface area contributed by atoms with Gasteiger partial charge < -0.3 is 20.2 Å². The fourth-order valence-electron chi connectivity index (χ4n) is 3.31. The van der Waals surface area contributed by atoms with Crippen LogP contribution in [-0.2, 0) is 16.1 Å². The molecule has 2 N–H and O–H groups in total. The fraction of sp³-hybridized carbons (Fsp3) is 0.500. The van der Waals surface area contributed by atoms with Crippen LogP contribution in [0, 0.1) is 5.41 Å². The monoisotopic (exact) mass is 345 g/mol. The maximum atomic E-state index is 12.2. The van der Waals surface area contributed by atoms with Gasteiger partial charge in [0.15, 0.2) is 0 Å². The average molecular weight is 345 g/mol. The summed E-state index contributed by atoms with van der Waals surface area (Å²) in [4.78, 5) is 38.5. The number of carbonyl (C=O) groups is 3. The summed E-state index contributed by atoms with van der Waals surface area (Å²) < 4.78 is 0. The van der Waals surface area contributed by atoms with E-state index in [2.05, 4.69) is 5.32 Å². The molecule has 0 aromatic heterocycles. The minimum atomic E-state index is -0.866. The number of benzene rings is 1. The van der Waals surface area contributed by atoms with E-state index in [0.717, 1.165) is 24.2 Å². The Kier molecular flexibility index (Phi) is 4.65. The van der Waals surface area contributed by atoms with E-state index in [1.54, 1.807) is 16.7 Å². The van der Waals surface area contributed by atoms with Crippen molar-refractivity contribution in [3.8, 4) is 0 Å². The first kappa shape index (κ1) is 17.3. The number of nitrogens with one attached hydrogen (secondary N) is 1. The molecule has 2 heterocycles. The number of rotatable bonds is 4. The highest BCUT2D eigenvalue weighted by molar-refractivity contribution is 5.95. The van der Waals surface area contributed by atoms with Crippen molar-refractivity contribution >= 4 is 23.6 Å². The molecule has 0 bridgehead atoms. The summed E-state index contributed by atoms with van der Waals surface area (Å²) in [6.07, 6.45) is 1.96. The number of carboxylic acids is 1. The number of carboxylic acid groups (broad SMARTS) is 1. The highest BCUT2D eigenvalue weighted by Crippen LogP contribution is 2.30. The number of carbonyl (C=O) groups excluding carboxylic acids is 2.